The molecule has 3 aliphatic rings. The van der Waals surface area contributed by atoms with Gasteiger partial charge in [0.2, 0.25) is 5.95 Å². The van der Waals surface area contributed by atoms with Gasteiger partial charge in [0.1, 0.15) is 6.04 Å². The fraction of sp³-hybridized carbons (Fsp3) is 0.522. The van der Waals surface area contributed by atoms with Gasteiger partial charge in [-0.05, 0) is 19.1 Å². The number of halogens is 4. The SMILES string of the molecule is CC1(N2CCN(c3cc4nc(Nc5cnn(C6CC6(F)F)c5Cl)ncc4cc3Cl)CC2)COCC1O. The lowest BCUT2D eigenvalue weighted by atomic mass is 9.95. The van der Waals surface area contributed by atoms with Crippen molar-refractivity contribution in [2.45, 2.75) is 37.0 Å². The maximum Gasteiger partial charge on any atom is 0.272 e. The molecular formula is C23H25Cl2F2N7O2. The average Bonchev–Trinajstić information content (AvgIpc) is 3.13. The number of aromatic nitrogens is 4. The van der Waals surface area contributed by atoms with Crippen LogP contribution >= 0.6 is 23.2 Å². The van der Waals surface area contributed by atoms with Crippen LogP contribution in [-0.2, 0) is 4.74 Å². The number of rotatable bonds is 5. The maximum absolute atomic E-state index is 13.4. The molecule has 2 aliphatic heterocycles. The number of hydrogen-bond donors (Lipinski definition) is 2. The van der Waals surface area contributed by atoms with Crippen LogP contribution < -0.4 is 10.2 Å². The number of benzene rings is 1. The minimum atomic E-state index is -2.78. The molecule has 0 radical (unpaired) electrons. The highest BCUT2D eigenvalue weighted by molar-refractivity contribution is 6.34. The van der Waals surface area contributed by atoms with E-state index in [0.29, 0.717) is 29.4 Å². The highest BCUT2D eigenvalue weighted by atomic mass is 35.5. The molecule has 36 heavy (non-hydrogen) atoms. The number of anilines is 3. The summed E-state index contributed by atoms with van der Waals surface area (Å²) in [5.74, 6) is -2.51. The van der Waals surface area contributed by atoms with Crippen LogP contribution in [0.1, 0.15) is 19.4 Å². The third-order valence-electron chi connectivity index (χ3n) is 7.45. The number of aliphatic hydroxyl groups is 1. The van der Waals surface area contributed by atoms with E-state index in [2.05, 4.69) is 30.2 Å². The zero-order chi connectivity index (χ0) is 25.2. The summed E-state index contributed by atoms with van der Waals surface area (Å²) in [6, 6.07) is 2.74. The average molecular weight is 540 g/mol. The molecule has 1 aromatic carbocycles. The van der Waals surface area contributed by atoms with Gasteiger partial charge in [-0.1, -0.05) is 23.2 Å². The Morgan fingerprint density at radius 1 is 1.17 bits per heavy atom. The van der Waals surface area contributed by atoms with Crippen molar-refractivity contribution in [3.05, 3.63) is 34.7 Å². The van der Waals surface area contributed by atoms with Crippen molar-refractivity contribution in [1.82, 2.24) is 24.6 Å². The third kappa shape index (κ3) is 4.06. The molecule has 2 aromatic heterocycles. The Balaban J connectivity index is 1.20. The summed E-state index contributed by atoms with van der Waals surface area (Å²) in [5.41, 5.74) is 1.52. The van der Waals surface area contributed by atoms with Crippen molar-refractivity contribution in [3.63, 3.8) is 0 Å². The van der Waals surface area contributed by atoms with Crippen LogP contribution in [0, 0.1) is 0 Å². The number of piperazine rings is 1. The van der Waals surface area contributed by atoms with Crippen molar-refractivity contribution in [2.75, 3.05) is 49.6 Å². The number of nitrogens with one attached hydrogen (secondary N) is 1. The molecule has 13 heteroatoms. The molecule has 2 saturated heterocycles. The van der Waals surface area contributed by atoms with E-state index in [0.717, 1.165) is 41.9 Å². The number of alkyl halides is 2. The predicted octanol–water partition coefficient (Wildman–Crippen LogP) is 3.73. The fourth-order valence-corrected chi connectivity index (χ4v) is 5.54. The van der Waals surface area contributed by atoms with Gasteiger partial charge in [0, 0.05) is 44.2 Å². The second-order valence-corrected chi connectivity index (χ2v) is 10.6. The topological polar surface area (TPSA) is 91.6 Å². The van der Waals surface area contributed by atoms with Gasteiger partial charge in [-0.25, -0.2) is 23.4 Å². The third-order valence-corrected chi connectivity index (χ3v) is 8.13. The first-order valence-electron chi connectivity index (χ1n) is 11.8. The largest absolute Gasteiger partial charge is 0.389 e. The van der Waals surface area contributed by atoms with Gasteiger partial charge in [-0.15, -0.1) is 0 Å². The monoisotopic (exact) mass is 539 g/mol. The van der Waals surface area contributed by atoms with Crippen molar-refractivity contribution >= 4 is 51.4 Å². The van der Waals surface area contributed by atoms with E-state index in [-0.39, 0.29) is 23.1 Å². The summed E-state index contributed by atoms with van der Waals surface area (Å²) in [4.78, 5) is 13.4. The standard InChI is InChI=1S/C23H25Cl2F2N7O2/c1-22(12-36-11-19(22)35)33-4-2-32(3-5-33)17-7-15-13(6-14(17)24)9-28-21(30-15)31-16-10-29-34(20(16)25)18-8-23(18,26)27/h6-7,9-10,18-19,35H,2-5,8,11-12H2,1H3,(H,28,30,31). The van der Waals surface area contributed by atoms with Gasteiger partial charge in [-0.2, -0.15) is 5.10 Å². The summed E-state index contributed by atoms with van der Waals surface area (Å²) >= 11 is 12.9. The molecule has 3 atom stereocenters. The normalized spacial score (nSPS) is 28.1. The lowest BCUT2D eigenvalue weighted by Crippen LogP contribution is -2.60. The first-order valence-corrected chi connectivity index (χ1v) is 12.5. The van der Waals surface area contributed by atoms with Gasteiger partial charge < -0.3 is 20.1 Å². The molecule has 0 amide bonds. The second kappa shape index (κ2) is 8.63. The van der Waals surface area contributed by atoms with Crippen molar-refractivity contribution in [2.24, 2.45) is 0 Å². The zero-order valence-electron chi connectivity index (χ0n) is 19.5. The Morgan fingerprint density at radius 2 is 1.92 bits per heavy atom. The molecule has 3 fully saturated rings. The number of fused-ring (bicyclic) bond motifs is 1. The zero-order valence-corrected chi connectivity index (χ0v) is 21.0. The molecular weight excluding hydrogens is 515 g/mol. The fourth-order valence-electron chi connectivity index (χ4n) is 4.99. The van der Waals surface area contributed by atoms with E-state index >= 15 is 0 Å². The summed E-state index contributed by atoms with van der Waals surface area (Å²) in [5, 5.41) is 18.8. The molecule has 1 saturated carbocycles. The van der Waals surface area contributed by atoms with E-state index in [1.807, 2.05) is 19.1 Å². The molecule has 0 spiro atoms. The van der Waals surface area contributed by atoms with Gasteiger partial charge in [0.25, 0.3) is 5.92 Å². The van der Waals surface area contributed by atoms with Crippen LogP contribution in [0.5, 0.6) is 0 Å². The lowest BCUT2D eigenvalue weighted by Gasteiger charge is -2.45. The first kappa shape index (κ1) is 24.1. The summed E-state index contributed by atoms with van der Waals surface area (Å²) in [6.45, 7) is 5.94. The molecule has 192 valence electrons. The number of nitrogens with zero attached hydrogens (tertiary/aromatic N) is 6. The highest BCUT2D eigenvalue weighted by Gasteiger charge is 2.59. The molecule has 3 aromatic rings. The van der Waals surface area contributed by atoms with Gasteiger partial charge >= 0.3 is 0 Å². The Kier molecular flexibility index (Phi) is 5.76. The number of hydrogen-bond acceptors (Lipinski definition) is 8. The Labute approximate surface area is 215 Å². The Morgan fingerprint density at radius 3 is 2.58 bits per heavy atom. The van der Waals surface area contributed by atoms with Crippen LogP contribution in [0.3, 0.4) is 0 Å². The summed E-state index contributed by atoms with van der Waals surface area (Å²) < 4.78 is 33.5. The molecule has 4 heterocycles. The minimum absolute atomic E-state index is 0.0852. The first-order chi connectivity index (χ1) is 17.2. The van der Waals surface area contributed by atoms with Crippen molar-refractivity contribution in [1.29, 1.82) is 0 Å². The van der Waals surface area contributed by atoms with Crippen molar-refractivity contribution in [3.8, 4) is 0 Å². The number of aliphatic hydroxyl groups excluding tert-OH is 1. The predicted molar refractivity (Wildman–Crippen MR) is 133 cm³/mol. The van der Waals surface area contributed by atoms with E-state index in [1.54, 1.807) is 6.20 Å². The second-order valence-electron chi connectivity index (χ2n) is 9.82. The minimum Gasteiger partial charge on any atom is -0.389 e. The molecule has 0 bridgehead atoms. The van der Waals surface area contributed by atoms with Gasteiger partial charge in [-0.3, -0.25) is 4.90 Å². The molecule has 1 aliphatic carbocycles. The van der Waals surface area contributed by atoms with Crippen LogP contribution in [0.4, 0.5) is 26.1 Å². The van der Waals surface area contributed by atoms with Crippen LogP contribution in [-0.4, -0.2) is 86.7 Å². The van der Waals surface area contributed by atoms with Gasteiger partial charge in [0.05, 0.1) is 53.0 Å². The van der Waals surface area contributed by atoms with E-state index in [1.165, 1.54) is 6.20 Å². The quantitative estimate of drug-likeness (QED) is 0.506. The van der Waals surface area contributed by atoms with Crippen LogP contribution in [0.2, 0.25) is 10.2 Å². The molecule has 9 nitrogen and oxygen atoms in total. The molecule has 2 N–H and O–H groups in total. The Hall–Kier alpha value is -2.31. The smallest absolute Gasteiger partial charge is 0.272 e. The number of ether oxygens (including phenoxy) is 1. The highest BCUT2D eigenvalue weighted by Crippen LogP contribution is 2.53. The lowest BCUT2D eigenvalue weighted by molar-refractivity contribution is 0.00884. The summed E-state index contributed by atoms with van der Waals surface area (Å²) in [7, 11) is 0. The molecule has 6 rings (SSSR count). The maximum atomic E-state index is 13.4. The van der Waals surface area contributed by atoms with Crippen LogP contribution in [0.25, 0.3) is 10.9 Å². The van der Waals surface area contributed by atoms with E-state index in [9.17, 15) is 13.9 Å². The van der Waals surface area contributed by atoms with Gasteiger partial charge in [0.15, 0.2) is 5.15 Å². The molecule has 3 unspecified atom stereocenters. The van der Waals surface area contributed by atoms with E-state index in [4.69, 9.17) is 27.9 Å². The van der Waals surface area contributed by atoms with E-state index < -0.39 is 18.1 Å². The summed E-state index contributed by atoms with van der Waals surface area (Å²) in [6.07, 6.45) is 2.26. The van der Waals surface area contributed by atoms with Crippen molar-refractivity contribution < 1.29 is 18.6 Å². The Bertz CT molecular complexity index is 1320. The van der Waals surface area contributed by atoms with Crippen LogP contribution in [0.15, 0.2) is 24.5 Å².